The van der Waals surface area contributed by atoms with E-state index < -0.39 is 11.6 Å². The van der Waals surface area contributed by atoms with E-state index in [-0.39, 0.29) is 0 Å². The molecule has 0 fully saturated rings. The normalized spacial score (nSPS) is 10.6. The van der Waals surface area contributed by atoms with Gasteiger partial charge in [0, 0.05) is 35.2 Å². The molecule has 0 saturated carbocycles. The first-order valence-electron chi connectivity index (χ1n) is 7.20. The highest BCUT2D eigenvalue weighted by molar-refractivity contribution is 5.63. The van der Waals surface area contributed by atoms with Crippen LogP contribution in [0.5, 0.6) is 5.75 Å². The minimum atomic E-state index is -0.608. The summed E-state index contributed by atoms with van der Waals surface area (Å²) in [6.07, 6.45) is 3.21. The van der Waals surface area contributed by atoms with Crippen LogP contribution in [0.4, 0.5) is 8.78 Å². The molecule has 0 radical (unpaired) electrons. The summed E-state index contributed by atoms with van der Waals surface area (Å²) in [7, 11) is 0. The monoisotopic (exact) mass is 311 g/mol. The number of aromatic nitrogens is 1. The maximum Gasteiger partial charge on any atom is 0.133 e. The van der Waals surface area contributed by atoms with Crippen LogP contribution in [-0.4, -0.2) is 4.98 Å². The largest absolute Gasteiger partial charge is 0.489 e. The van der Waals surface area contributed by atoms with Gasteiger partial charge in [-0.25, -0.2) is 8.78 Å². The molecule has 1 aromatic heterocycles. The van der Waals surface area contributed by atoms with Crippen LogP contribution in [0.1, 0.15) is 11.1 Å². The van der Waals surface area contributed by atoms with Crippen LogP contribution >= 0.6 is 0 Å². The highest BCUT2D eigenvalue weighted by atomic mass is 19.1. The molecule has 0 aliphatic carbocycles. The molecule has 4 heteroatoms. The van der Waals surface area contributed by atoms with E-state index in [0.29, 0.717) is 17.7 Å². The molecule has 0 saturated heterocycles. The second-order valence-corrected chi connectivity index (χ2v) is 5.31. The Hall–Kier alpha value is -2.75. The fourth-order valence-corrected chi connectivity index (χ4v) is 2.24. The Kier molecular flexibility index (Phi) is 4.33. The molecular weight excluding hydrogens is 296 g/mol. The molecule has 0 amide bonds. The average molecular weight is 311 g/mol. The van der Waals surface area contributed by atoms with Gasteiger partial charge in [0.25, 0.3) is 0 Å². The Morgan fingerprint density at radius 2 is 1.74 bits per heavy atom. The first kappa shape index (κ1) is 15.2. The van der Waals surface area contributed by atoms with Gasteiger partial charge in [0.15, 0.2) is 0 Å². The van der Waals surface area contributed by atoms with Crippen LogP contribution in [0.3, 0.4) is 0 Å². The zero-order chi connectivity index (χ0) is 16.2. The summed E-state index contributed by atoms with van der Waals surface area (Å²) < 4.78 is 32.6. The van der Waals surface area contributed by atoms with Crippen molar-refractivity contribution in [2.24, 2.45) is 0 Å². The number of nitrogens with zero attached hydrogens (tertiary/aromatic N) is 1. The molecule has 3 aromatic rings. The third-order valence-electron chi connectivity index (χ3n) is 3.46. The highest BCUT2D eigenvalue weighted by Gasteiger charge is 2.08. The highest BCUT2D eigenvalue weighted by Crippen LogP contribution is 2.24. The Morgan fingerprint density at radius 1 is 0.957 bits per heavy atom. The Morgan fingerprint density at radius 3 is 2.48 bits per heavy atom. The van der Waals surface area contributed by atoms with Crippen LogP contribution in [-0.2, 0) is 6.61 Å². The summed E-state index contributed by atoms with van der Waals surface area (Å²) in [5.41, 5.74) is 2.88. The summed E-state index contributed by atoms with van der Waals surface area (Å²) in [4.78, 5) is 4.11. The molecular formula is C19H15F2NO. The van der Waals surface area contributed by atoms with Crippen LogP contribution in [0.15, 0.2) is 60.9 Å². The second kappa shape index (κ2) is 6.57. The molecule has 1 heterocycles. The van der Waals surface area contributed by atoms with Crippen LogP contribution < -0.4 is 4.74 Å². The van der Waals surface area contributed by atoms with E-state index in [1.165, 1.54) is 12.1 Å². The summed E-state index contributed by atoms with van der Waals surface area (Å²) in [5.74, 6) is -0.449. The molecule has 23 heavy (non-hydrogen) atoms. The molecule has 116 valence electrons. The van der Waals surface area contributed by atoms with Crippen LogP contribution in [0.2, 0.25) is 0 Å². The minimum Gasteiger partial charge on any atom is -0.489 e. The molecule has 0 N–H and O–H groups in total. The van der Waals surface area contributed by atoms with Crippen LogP contribution in [0, 0.1) is 18.6 Å². The van der Waals surface area contributed by atoms with Crippen molar-refractivity contribution in [2.75, 3.05) is 0 Å². The van der Waals surface area contributed by atoms with E-state index in [2.05, 4.69) is 4.98 Å². The maximum atomic E-state index is 13.9. The van der Waals surface area contributed by atoms with Gasteiger partial charge in [-0.05, 0) is 37.3 Å². The summed E-state index contributed by atoms with van der Waals surface area (Å²) in [5, 5.41) is 0. The fourth-order valence-electron chi connectivity index (χ4n) is 2.24. The minimum absolute atomic E-state index is 0.316. The van der Waals surface area contributed by atoms with Crippen molar-refractivity contribution in [3.63, 3.8) is 0 Å². The zero-order valence-electron chi connectivity index (χ0n) is 12.6. The van der Waals surface area contributed by atoms with Gasteiger partial charge in [0.2, 0.25) is 0 Å². The quantitative estimate of drug-likeness (QED) is 0.682. The molecule has 0 unspecified atom stereocenters. The van der Waals surface area contributed by atoms with E-state index in [4.69, 9.17) is 4.74 Å². The van der Waals surface area contributed by atoms with Gasteiger partial charge >= 0.3 is 0 Å². The summed E-state index contributed by atoms with van der Waals surface area (Å²) >= 11 is 0. The first-order chi connectivity index (χ1) is 11.1. The van der Waals surface area contributed by atoms with Crippen molar-refractivity contribution in [2.45, 2.75) is 13.5 Å². The number of ether oxygens (including phenoxy) is 1. The Balaban J connectivity index is 1.78. The van der Waals surface area contributed by atoms with E-state index in [9.17, 15) is 8.78 Å². The topological polar surface area (TPSA) is 22.1 Å². The fraction of sp³-hybridized carbons (Fsp3) is 0.105. The molecule has 0 spiro atoms. The van der Waals surface area contributed by atoms with Crippen molar-refractivity contribution in [1.29, 1.82) is 0 Å². The lowest BCUT2D eigenvalue weighted by Gasteiger charge is -2.08. The number of aryl methyl sites for hydroxylation is 1. The maximum absolute atomic E-state index is 13.9. The third-order valence-corrected chi connectivity index (χ3v) is 3.46. The molecule has 3 rings (SSSR count). The van der Waals surface area contributed by atoms with E-state index in [1.54, 1.807) is 18.5 Å². The Labute approximate surface area is 133 Å². The van der Waals surface area contributed by atoms with Gasteiger partial charge in [-0.1, -0.05) is 17.7 Å². The number of pyridine rings is 1. The average Bonchev–Trinajstić information content (AvgIpc) is 2.55. The van der Waals surface area contributed by atoms with Gasteiger partial charge < -0.3 is 4.74 Å². The van der Waals surface area contributed by atoms with Gasteiger partial charge in [0.1, 0.15) is 24.0 Å². The van der Waals surface area contributed by atoms with E-state index in [0.717, 1.165) is 22.9 Å². The van der Waals surface area contributed by atoms with Gasteiger partial charge in [0.05, 0.1) is 0 Å². The lowest BCUT2D eigenvalue weighted by molar-refractivity contribution is 0.306. The second-order valence-electron chi connectivity index (χ2n) is 5.31. The van der Waals surface area contributed by atoms with E-state index >= 15 is 0 Å². The number of benzene rings is 2. The van der Waals surface area contributed by atoms with E-state index in [1.807, 2.05) is 31.2 Å². The molecule has 0 atom stereocenters. The first-order valence-corrected chi connectivity index (χ1v) is 7.20. The predicted octanol–water partition coefficient (Wildman–Crippen LogP) is 4.91. The smallest absolute Gasteiger partial charge is 0.133 e. The zero-order valence-corrected chi connectivity index (χ0v) is 12.6. The number of hydrogen-bond acceptors (Lipinski definition) is 2. The third kappa shape index (κ3) is 3.72. The molecule has 2 nitrogen and oxygen atoms in total. The lowest BCUT2D eigenvalue weighted by atomic mass is 10.1. The standard InChI is InChI=1S/C19H15F2NO/c1-13-2-5-17(6-3-13)23-12-14-8-15(11-22-10-14)18-7-4-16(20)9-19(18)21/h2-11H,12H2,1H3. The summed E-state index contributed by atoms with van der Waals surface area (Å²) in [6, 6.07) is 13.0. The van der Waals surface area contributed by atoms with Crippen LogP contribution in [0.25, 0.3) is 11.1 Å². The van der Waals surface area contributed by atoms with Crippen molar-refractivity contribution in [3.05, 3.63) is 83.7 Å². The van der Waals surface area contributed by atoms with Crippen molar-refractivity contribution in [1.82, 2.24) is 4.98 Å². The number of rotatable bonds is 4. The lowest BCUT2D eigenvalue weighted by Crippen LogP contribution is -1.97. The Bertz CT molecular complexity index is 816. The molecule has 0 aliphatic rings. The van der Waals surface area contributed by atoms with Gasteiger partial charge in [-0.2, -0.15) is 0 Å². The van der Waals surface area contributed by atoms with Crippen molar-refractivity contribution >= 4 is 0 Å². The van der Waals surface area contributed by atoms with Gasteiger partial charge in [-0.3, -0.25) is 4.98 Å². The molecule has 2 aromatic carbocycles. The molecule has 0 aliphatic heterocycles. The van der Waals surface area contributed by atoms with Crippen molar-refractivity contribution in [3.8, 4) is 16.9 Å². The summed E-state index contributed by atoms with van der Waals surface area (Å²) in [6.45, 7) is 2.33. The SMILES string of the molecule is Cc1ccc(OCc2cncc(-c3ccc(F)cc3F)c2)cc1. The number of hydrogen-bond donors (Lipinski definition) is 0. The predicted molar refractivity (Wildman–Crippen MR) is 85.1 cm³/mol. The number of halogens is 2. The molecule has 0 bridgehead atoms. The van der Waals surface area contributed by atoms with Crippen molar-refractivity contribution < 1.29 is 13.5 Å². The van der Waals surface area contributed by atoms with Gasteiger partial charge in [-0.15, -0.1) is 0 Å².